The van der Waals surface area contributed by atoms with Gasteiger partial charge in [-0.15, -0.1) is 0 Å². The number of hydrogen-bond acceptors (Lipinski definition) is 5. The third-order valence-electron chi connectivity index (χ3n) is 9.60. The van der Waals surface area contributed by atoms with Crippen molar-refractivity contribution in [2.24, 2.45) is 17.8 Å². The highest BCUT2D eigenvalue weighted by molar-refractivity contribution is 5.98. The molecule has 4 fully saturated rings. The minimum absolute atomic E-state index is 0.0676. The van der Waals surface area contributed by atoms with Crippen LogP contribution in [0.25, 0.3) is 0 Å². The predicted octanol–water partition coefficient (Wildman–Crippen LogP) is 5.79. The number of ether oxygens (including phenoxy) is 2. The molecule has 0 unspecified atom stereocenters. The van der Waals surface area contributed by atoms with Crippen LogP contribution >= 0.6 is 0 Å². The number of carboxylic acid groups (broad SMARTS) is 1. The van der Waals surface area contributed by atoms with Crippen molar-refractivity contribution in [2.45, 2.75) is 90.6 Å². The molecular weight excluding hydrogens is 508 g/mol. The summed E-state index contributed by atoms with van der Waals surface area (Å²) >= 11 is 0. The van der Waals surface area contributed by atoms with Crippen LogP contribution in [0, 0.1) is 31.6 Å². The van der Waals surface area contributed by atoms with Gasteiger partial charge in [0.1, 0.15) is 22.0 Å². The molecule has 0 atom stereocenters. The van der Waals surface area contributed by atoms with Gasteiger partial charge in [0, 0.05) is 11.1 Å². The Labute approximate surface area is 235 Å². The number of hydrogen-bond donors (Lipinski definition) is 1. The van der Waals surface area contributed by atoms with Gasteiger partial charge in [0.05, 0.1) is 24.8 Å². The van der Waals surface area contributed by atoms with Gasteiger partial charge in [-0.25, -0.2) is 9.59 Å². The topological polar surface area (TPSA) is 82.1 Å². The summed E-state index contributed by atoms with van der Waals surface area (Å²) in [6, 6.07) is 5.72. The molecule has 2 aromatic carbocycles. The summed E-state index contributed by atoms with van der Waals surface area (Å²) in [6.45, 7) is 9.81. The molecule has 0 aromatic heterocycles. The first-order chi connectivity index (χ1) is 18.4. The van der Waals surface area contributed by atoms with Crippen LogP contribution in [0.4, 0.5) is 0 Å². The highest BCUT2D eigenvalue weighted by atomic mass is 28.2. The average Bonchev–Trinajstić information content (AvgIpc) is 2.85. The quantitative estimate of drug-likeness (QED) is 0.267. The van der Waals surface area contributed by atoms with Crippen LogP contribution in [0.1, 0.15) is 108 Å². The van der Waals surface area contributed by atoms with Crippen LogP contribution in [0.3, 0.4) is 0 Å². The van der Waals surface area contributed by atoms with Crippen LogP contribution in [0.2, 0.25) is 0 Å². The molecule has 4 aliphatic carbocycles. The summed E-state index contributed by atoms with van der Waals surface area (Å²) in [6.07, 6.45) is 7.53. The summed E-state index contributed by atoms with van der Waals surface area (Å²) in [5.41, 5.74) is 4.03. The molecule has 0 spiro atoms. The van der Waals surface area contributed by atoms with Crippen molar-refractivity contribution in [3.63, 3.8) is 0 Å². The maximum atomic E-state index is 13.8. The van der Waals surface area contributed by atoms with E-state index in [-0.39, 0.29) is 17.6 Å². The number of carboxylic acids is 1. The first-order valence-corrected chi connectivity index (χ1v) is 15.0. The van der Waals surface area contributed by atoms with Gasteiger partial charge in [0.15, 0.2) is 0 Å². The standard InChI is InChI=1S/C32H42O6Si/c1-17-18(2)28(27(31(3,4)5)23(16-37-39)26(17)29(33)34)38-30(35)22-7-8-25(36-6)24(12-22)32-13-19-9-20(14-32)11-21(10-19)15-32/h7-8,12,19-21H,9-11,13-16H2,1-6,39H3,(H,33,34). The predicted molar refractivity (Wildman–Crippen MR) is 154 cm³/mol. The molecule has 39 heavy (non-hydrogen) atoms. The molecule has 4 bridgehead atoms. The normalized spacial score (nSPS) is 25.6. The molecule has 7 heteroatoms. The van der Waals surface area contributed by atoms with Crippen LogP contribution in [-0.4, -0.2) is 34.6 Å². The molecule has 6 nitrogen and oxygen atoms in total. The number of esters is 1. The van der Waals surface area contributed by atoms with Crippen molar-refractivity contribution in [1.82, 2.24) is 0 Å². The van der Waals surface area contributed by atoms with E-state index < -0.39 is 17.4 Å². The lowest BCUT2D eigenvalue weighted by Crippen LogP contribution is -2.48. The Hall–Kier alpha value is -2.64. The Kier molecular flexibility index (Phi) is 7.21. The zero-order chi connectivity index (χ0) is 28.3. The summed E-state index contributed by atoms with van der Waals surface area (Å²) in [5.74, 6) is 2.18. The Balaban J connectivity index is 1.58. The highest BCUT2D eigenvalue weighted by Crippen LogP contribution is 2.62. The second-order valence-corrected chi connectivity index (χ2v) is 13.9. The van der Waals surface area contributed by atoms with Crippen molar-refractivity contribution in [3.8, 4) is 11.5 Å². The third kappa shape index (κ3) is 4.82. The number of carbonyl (C=O) groups is 2. The van der Waals surface area contributed by atoms with Gasteiger partial charge >= 0.3 is 11.9 Å². The number of carbonyl (C=O) groups excluding carboxylic acids is 1. The number of rotatable bonds is 7. The Bertz CT molecular complexity index is 1290. The van der Waals surface area contributed by atoms with Crippen molar-refractivity contribution in [3.05, 3.63) is 57.1 Å². The van der Waals surface area contributed by atoms with Gasteiger partial charge in [0.2, 0.25) is 0 Å². The Morgan fingerprint density at radius 2 is 1.62 bits per heavy atom. The van der Waals surface area contributed by atoms with Gasteiger partial charge in [-0.2, -0.15) is 0 Å². The van der Waals surface area contributed by atoms with Crippen molar-refractivity contribution < 1.29 is 28.6 Å². The van der Waals surface area contributed by atoms with E-state index in [1.165, 1.54) is 38.5 Å². The lowest BCUT2D eigenvalue weighted by atomic mass is 9.48. The van der Waals surface area contributed by atoms with E-state index in [0.717, 1.165) is 29.1 Å². The zero-order valence-corrected chi connectivity index (χ0v) is 26.4. The van der Waals surface area contributed by atoms with E-state index >= 15 is 0 Å². The molecule has 6 rings (SSSR count). The summed E-state index contributed by atoms with van der Waals surface area (Å²) in [7, 11) is 2.18. The van der Waals surface area contributed by atoms with E-state index in [0.29, 0.717) is 44.1 Å². The third-order valence-corrected chi connectivity index (χ3v) is 9.89. The molecule has 4 aliphatic rings. The lowest BCUT2D eigenvalue weighted by Gasteiger charge is -2.57. The molecule has 2 aromatic rings. The second kappa shape index (κ2) is 10.1. The molecule has 0 aliphatic heterocycles. The largest absolute Gasteiger partial charge is 0.496 e. The van der Waals surface area contributed by atoms with Crippen LogP contribution in [0.5, 0.6) is 11.5 Å². The van der Waals surface area contributed by atoms with E-state index in [1.54, 1.807) is 20.1 Å². The van der Waals surface area contributed by atoms with Gasteiger partial charge in [-0.3, -0.25) is 0 Å². The van der Waals surface area contributed by atoms with Gasteiger partial charge < -0.3 is 19.0 Å². The second-order valence-electron chi connectivity index (χ2n) is 13.3. The minimum Gasteiger partial charge on any atom is -0.496 e. The molecule has 0 amide bonds. The molecule has 210 valence electrons. The smallest absolute Gasteiger partial charge is 0.343 e. The average molecular weight is 551 g/mol. The van der Waals surface area contributed by atoms with Gasteiger partial charge in [0.25, 0.3) is 0 Å². The number of methoxy groups -OCH3 is 1. The maximum Gasteiger partial charge on any atom is 0.343 e. The maximum absolute atomic E-state index is 13.8. The molecular formula is C32H42O6Si. The van der Waals surface area contributed by atoms with Crippen LogP contribution in [0.15, 0.2) is 18.2 Å². The van der Waals surface area contributed by atoms with Crippen LogP contribution in [-0.2, 0) is 21.9 Å². The molecule has 0 saturated heterocycles. The fourth-order valence-electron chi connectivity index (χ4n) is 8.37. The summed E-state index contributed by atoms with van der Waals surface area (Å²) in [4.78, 5) is 26.1. The molecule has 0 heterocycles. The Morgan fingerprint density at radius 3 is 2.10 bits per heavy atom. The summed E-state index contributed by atoms with van der Waals surface area (Å²) < 4.78 is 17.6. The lowest BCUT2D eigenvalue weighted by molar-refractivity contribution is -0.00618. The van der Waals surface area contributed by atoms with Gasteiger partial charge in [-0.1, -0.05) is 20.8 Å². The first-order valence-electron chi connectivity index (χ1n) is 14.2. The van der Waals surface area contributed by atoms with E-state index in [2.05, 4.69) is 0 Å². The summed E-state index contributed by atoms with van der Waals surface area (Å²) in [5, 5.41) is 10.1. The fourth-order valence-corrected chi connectivity index (χ4v) is 8.66. The molecule has 4 saturated carbocycles. The molecule has 1 N–H and O–H groups in total. The van der Waals surface area contributed by atoms with Crippen molar-refractivity contribution in [2.75, 3.05) is 7.11 Å². The fraction of sp³-hybridized carbons (Fsp3) is 0.562. The van der Waals surface area contributed by atoms with E-state index in [9.17, 15) is 14.7 Å². The SMILES string of the molecule is COc1ccc(C(=O)Oc2c(C)c(C)c(C(=O)O)c(CO[SiH3])c2C(C)(C)C)cc1C12CC3CC(CC(C3)C1)C2. The van der Waals surface area contributed by atoms with E-state index in [4.69, 9.17) is 13.9 Å². The minimum atomic E-state index is -0.997. The van der Waals surface area contributed by atoms with Gasteiger partial charge in [-0.05, 0) is 116 Å². The monoisotopic (exact) mass is 550 g/mol. The zero-order valence-electron chi connectivity index (χ0n) is 24.4. The first kappa shape index (κ1) is 27.9. The molecule has 0 radical (unpaired) electrons. The Morgan fingerprint density at radius 1 is 1.03 bits per heavy atom. The highest BCUT2D eigenvalue weighted by Gasteiger charge is 2.52. The van der Waals surface area contributed by atoms with Crippen molar-refractivity contribution in [1.29, 1.82) is 0 Å². The van der Waals surface area contributed by atoms with Crippen LogP contribution < -0.4 is 9.47 Å². The number of aromatic carboxylic acids is 1. The van der Waals surface area contributed by atoms with Crippen molar-refractivity contribution >= 4 is 22.4 Å². The van der Waals surface area contributed by atoms with E-state index in [1.807, 2.05) is 39.8 Å². The number of benzene rings is 2.